The first-order valence-corrected chi connectivity index (χ1v) is 6.62. The molecule has 0 aliphatic heterocycles. The van der Waals surface area contributed by atoms with Gasteiger partial charge in [0.15, 0.2) is 9.84 Å². The molecule has 74 valence electrons. The van der Waals surface area contributed by atoms with Crippen LogP contribution in [0.2, 0.25) is 0 Å². The Balaban J connectivity index is 2.81. The lowest BCUT2D eigenvalue weighted by molar-refractivity contribution is 0.195. The maximum absolute atomic E-state index is 10.9. The minimum atomic E-state index is -3.02. The number of aliphatic hydroxyl groups excluding tert-OH is 1. The average molecular weight is 221 g/mol. The summed E-state index contributed by atoms with van der Waals surface area (Å²) in [4.78, 5) is 3.98. The van der Waals surface area contributed by atoms with Crippen molar-refractivity contribution in [1.82, 2.24) is 4.98 Å². The number of thiazole rings is 1. The van der Waals surface area contributed by atoms with Crippen LogP contribution in [-0.4, -0.2) is 24.8 Å². The molecule has 0 amide bonds. The summed E-state index contributed by atoms with van der Waals surface area (Å²) in [7, 11) is -3.02. The molecule has 0 aliphatic rings. The molecule has 0 fully saturated rings. The molecule has 0 aliphatic carbocycles. The van der Waals surface area contributed by atoms with Crippen molar-refractivity contribution in [3.63, 3.8) is 0 Å². The van der Waals surface area contributed by atoms with Crippen LogP contribution in [0.4, 0.5) is 0 Å². The van der Waals surface area contributed by atoms with Crippen LogP contribution in [0, 0.1) is 0 Å². The minimum absolute atomic E-state index is 0.0512. The van der Waals surface area contributed by atoms with Gasteiger partial charge in [-0.25, -0.2) is 13.4 Å². The normalized spacial score (nSPS) is 14.4. The highest BCUT2D eigenvalue weighted by Gasteiger charge is 2.11. The van der Waals surface area contributed by atoms with Crippen LogP contribution in [0.15, 0.2) is 5.38 Å². The number of rotatable bonds is 3. The monoisotopic (exact) mass is 221 g/mol. The zero-order valence-corrected chi connectivity index (χ0v) is 9.02. The van der Waals surface area contributed by atoms with Crippen molar-refractivity contribution in [2.45, 2.75) is 18.8 Å². The summed E-state index contributed by atoms with van der Waals surface area (Å²) in [5.74, 6) is -0.0512. The van der Waals surface area contributed by atoms with Gasteiger partial charge in [-0.1, -0.05) is 0 Å². The third-order valence-electron chi connectivity index (χ3n) is 1.38. The Morgan fingerprint density at radius 3 is 2.69 bits per heavy atom. The fourth-order valence-electron chi connectivity index (χ4n) is 0.808. The number of aliphatic hydroxyl groups is 1. The van der Waals surface area contributed by atoms with Gasteiger partial charge < -0.3 is 5.11 Å². The smallest absolute Gasteiger partial charge is 0.153 e. The van der Waals surface area contributed by atoms with Crippen LogP contribution in [0.5, 0.6) is 0 Å². The average Bonchev–Trinajstić information content (AvgIpc) is 2.31. The molecule has 1 atom stereocenters. The molecule has 0 saturated carbocycles. The molecule has 1 rings (SSSR count). The molecule has 1 heterocycles. The summed E-state index contributed by atoms with van der Waals surface area (Å²) in [6.07, 6.45) is 0.528. The number of hydrogen-bond acceptors (Lipinski definition) is 5. The lowest BCUT2D eigenvalue weighted by Gasteiger charge is -1.96. The second-order valence-electron chi connectivity index (χ2n) is 2.91. The second-order valence-corrected chi connectivity index (χ2v) is 6.00. The maximum atomic E-state index is 10.9. The van der Waals surface area contributed by atoms with Crippen molar-refractivity contribution in [2.24, 2.45) is 0 Å². The Kier molecular flexibility index (Phi) is 3.05. The molecule has 0 radical (unpaired) electrons. The summed E-state index contributed by atoms with van der Waals surface area (Å²) in [5.41, 5.74) is 0.531. The van der Waals surface area contributed by atoms with Gasteiger partial charge in [0.25, 0.3) is 0 Å². The highest BCUT2D eigenvalue weighted by Crippen LogP contribution is 2.17. The molecule has 13 heavy (non-hydrogen) atoms. The van der Waals surface area contributed by atoms with E-state index < -0.39 is 15.9 Å². The Morgan fingerprint density at radius 1 is 1.69 bits per heavy atom. The van der Waals surface area contributed by atoms with Crippen molar-refractivity contribution in [3.05, 3.63) is 16.1 Å². The van der Waals surface area contributed by atoms with Gasteiger partial charge in [0, 0.05) is 11.6 Å². The van der Waals surface area contributed by atoms with Gasteiger partial charge >= 0.3 is 0 Å². The molecular formula is C7H11NO3S2. The summed E-state index contributed by atoms with van der Waals surface area (Å²) in [5, 5.41) is 11.3. The fourth-order valence-corrected chi connectivity index (χ4v) is 2.90. The predicted molar refractivity (Wildman–Crippen MR) is 51.3 cm³/mol. The summed E-state index contributed by atoms with van der Waals surface area (Å²) in [6, 6.07) is 0. The summed E-state index contributed by atoms with van der Waals surface area (Å²) in [6.45, 7) is 1.60. The van der Waals surface area contributed by atoms with Crippen molar-refractivity contribution in [3.8, 4) is 0 Å². The van der Waals surface area contributed by atoms with Crippen LogP contribution < -0.4 is 0 Å². The van der Waals surface area contributed by atoms with Crippen LogP contribution in [0.3, 0.4) is 0 Å². The third-order valence-corrected chi connectivity index (χ3v) is 3.23. The Labute approximate surface area is 81.2 Å². The molecule has 0 bridgehead atoms. The van der Waals surface area contributed by atoms with E-state index in [-0.39, 0.29) is 5.75 Å². The van der Waals surface area contributed by atoms with Crippen molar-refractivity contribution >= 4 is 21.2 Å². The summed E-state index contributed by atoms with van der Waals surface area (Å²) < 4.78 is 21.8. The molecule has 0 aromatic carbocycles. The van der Waals surface area contributed by atoms with Crippen molar-refractivity contribution in [1.29, 1.82) is 0 Å². The van der Waals surface area contributed by atoms with Crippen LogP contribution in [0.1, 0.15) is 23.7 Å². The Hall–Kier alpha value is -0.460. The van der Waals surface area contributed by atoms with Gasteiger partial charge in [-0.2, -0.15) is 0 Å². The first-order valence-electron chi connectivity index (χ1n) is 3.68. The van der Waals surface area contributed by atoms with E-state index in [1.807, 2.05) is 0 Å². The molecule has 6 heteroatoms. The molecule has 1 aromatic heterocycles. The first-order chi connectivity index (χ1) is 5.88. The standard InChI is InChI=1S/C7H11NO3S2/c1-5(9)6-3-12-7(8-6)4-13(2,10)11/h3,5,9H,4H2,1-2H3. The highest BCUT2D eigenvalue weighted by molar-refractivity contribution is 7.90. The van der Waals surface area contributed by atoms with E-state index in [2.05, 4.69) is 4.98 Å². The van der Waals surface area contributed by atoms with E-state index in [4.69, 9.17) is 5.11 Å². The zero-order chi connectivity index (χ0) is 10.1. The molecule has 1 unspecified atom stereocenters. The molecule has 4 nitrogen and oxygen atoms in total. The molecule has 0 saturated heterocycles. The maximum Gasteiger partial charge on any atom is 0.153 e. The van der Waals surface area contributed by atoms with Gasteiger partial charge in [0.05, 0.1) is 11.8 Å². The lowest BCUT2D eigenvalue weighted by atomic mass is 10.3. The lowest BCUT2D eigenvalue weighted by Crippen LogP contribution is -2.00. The number of hydrogen-bond donors (Lipinski definition) is 1. The molecular weight excluding hydrogens is 210 g/mol. The van der Waals surface area contributed by atoms with Crippen LogP contribution in [-0.2, 0) is 15.6 Å². The Bertz CT molecular complexity index is 380. The SMILES string of the molecule is CC(O)c1csc(CS(C)(=O)=O)n1. The van der Waals surface area contributed by atoms with E-state index in [1.54, 1.807) is 12.3 Å². The van der Waals surface area contributed by atoms with Crippen LogP contribution >= 0.6 is 11.3 Å². The molecule has 1 aromatic rings. The Morgan fingerprint density at radius 2 is 2.31 bits per heavy atom. The fraction of sp³-hybridized carbons (Fsp3) is 0.571. The van der Waals surface area contributed by atoms with E-state index in [0.29, 0.717) is 10.7 Å². The second kappa shape index (κ2) is 3.73. The number of nitrogens with zero attached hydrogens (tertiary/aromatic N) is 1. The third kappa shape index (κ3) is 3.41. The predicted octanol–water partition coefficient (Wildman–Crippen LogP) is 0.741. The first kappa shape index (κ1) is 10.6. The van der Waals surface area contributed by atoms with Gasteiger partial charge in [-0.3, -0.25) is 0 Å². The van der Waals surface area contributed by atoms with E-state index >= 15 is 0 Å². The summed E-state index contributed by atoms with van der Waals surface area (Å²) >= 11 is 1.25. The minimum Gasteiger partial charge on any atom is -0.387 e. The largest absolute Gasteiger partial charge is 0.387 e. The van der Waals surface area contributed by atoms with Gasteiger partial charge in [0.2, 0.25) is 0 Å². The van der Waals surface area contributed by atoms with Crippen LogP contribution in [0.25, 0.3) is 0 Å². The quantitative estimate of drug-likeness (QED) is 0.817. The molecule has 1 N–H and O–H groups in total. The van der Waals surface area contributed by atoms with Crippen molar-refractivity contribution < 1.29 is 13.5 Å². The van der Waals surface area contributed by atoms with Gasteiger partial charge in [-0.05, 0) is 6.92 Å². The zero-order valence-electron chi connectivity index (χ0n) is 7.39. The number of sulfone groups is 1. The molecule has 0 spiro atoms. The van der Waals surface area contributed by atoms with E-state index in [1.165, 1.54) is 11.3 Å². The van der Waals surface area contributed by atoms with Crippen molar-refractivity contribution in [2.75, 3.05) is 6.26 Å². The topological polar surface area (TPSA) is 67.3 Å². The van der Waals surface area contributed by atoms with E-state index in [0.717, 1.165) is 6.26 Å². The van der Waals surface area contributed by atoms with Gasteiger partial charge in [-0.15, -0.1) is 11.3 Å². The number of aromatic nitrogens is 1. The van der Waals surface area contributed by atoms with Gasteiger partial charge in [0.1, 0.15) is 10.8 Å². The highest BCUT2D eigenvalue weighted by atomic mass is 32.2. The van der Waals surface area contributed by atoms with E-state index in [9.17, 15) is 8.42 Å².